The van der Waals surface area contributed by atoms with E-state index < -0.39 is 10.9 Å². The van der Waals surface area contributed by atoms with Crippen LogP contribution in [0.25, 0.3) is 0 Å². The third-order valence-electron chi connectivity index (χ3n) is 3.16. The molecule has 0 aliphatic carbocycles. The molecule has 0 atom stereocenters. The number of esters is 1. The number of methoxy groups -OCH3 is 1. The van der Waals surface area contributed by atoms with Crippen molar-refractivity contribution >= 4 is 35.2 Å². The first-order chi connectivity index (χ1) is 10.9. The van der Waals surface area contributed by atoms with Crippen LogP contribution in [0.3, 0.4) is 0 Å². The monoisotopic (exact) mass is 332 g/mol. The molecule has 118 valence electrons. The highest BCUT2D eigenvalue weighted by molar-refractivity contribution is 6.33. The molecular formula is C16H13ClN2O4. The number of ether oxygens (including phenoxy) is 1. The highest BCUT2D eigenvalue weighted by Crippen LogP contribution is 2.24. The van der Waals surface area contributed by atoms with Gasteiger partial charge in [-0.25, -0.2) is 4.79 Å². The standard InChI is InChI=1S/C16H13ClN2O4/c1-10-3-4-11(16(20)23-2)8-15(10)18-9-12-7-13(19(21)22)5-6-14(12)17/h3-9H,1-2H3. The van der Waals surface area contributed by atoms with E-state index in [1.165, 1.54) is 31.5 Å². The van der Waals surface area contributed by atoms with E-state index in [0.717, 1.165) is 5.56 Å². The largest absolute Gasteiger partial charge is 0.465 e. The molecule has 0 N–H and O–H groups in total. The molecule has 0 bridgehead atoms. The molecule has 0 fully saturated rings. The van der Waals surface area contributed by atoms with Crippen LogP contribution in [-0.2, 0) is 4.74 Å². The third kappa shape index (κ3) is 3.92. The SMILES string of the molecule is COC(=O)c1ccc(C)c(N=Cc2cc([N+](=O)[O-])ccc2Cl)c1. The molecule has 0 saturated heterocycles. The van der Waals surface area contributed by atoms with Crippen LogP contribution in [0.15, 0.2) is 41.4 Å². The lowest BCUT2D eigenvalue weighted by molar-refractivity contribution is -0.384. The van der Waals surface area contributed by atoms with Crippen molar-refractivity contribution in [3.05, 3.63) is 68.2 Å². The first-order valence-electron chi connectivity index (χ1n) is 6.59. The Bertz CT molecular complexity index is 803. The van der Waals surface area contributed by atoms with Crippen molar-refractivity contribution in [1.82, 2.24) is 0 Å². The zero-order valence-corrected chi connectivity index (χ0v) is 13.2. The van der Waals surface area contributed by atoms with Crippen molar-refractivity contribution in [2.75, 3.05) is 7.11 Å². The normalized spacial score (nSPS) is 10.7. The summed E-state index contributed by atoms with van der Waals surface area (Å²) in [6.07, 6.45) is 1.43. The summed E-state index contributed by atoms with van der Waals surface area (Å²) in [4.78, 5) is 26.1. The third-order valence-corrected chi connectivity index (χ3v) is 3.51. The van der Waals surface area contributed by atoms with Gasteiger partial charge in [-0.15, -0.1) is 0 Å². The average Bonchev–Trinajstić information content (AvgIpc) is 2.54. The number of halogens is 1. The van der Waals surface area contributed by atoms with Crippen LogP contribution in [0.2, 0.25) is 5.02 Å². The Balaban J connectivity index is 2.38. The lowest BCUT2D eigenvalue weighted by Crippen LogP contribution is -2.00. The van der Waals surface area contributed by atoms with Gasteiger partial charge in [-0.2, -0.15) is 0 Å². The molecule has 23 heavy (non-hydrogen) atoms. The number of carbonyl (C=O) groups excluding carboxylic acids is 1. The molecule has 0 unspecified atom stereocenters. The summed E-state index contributed by atoms with van der Waals surface area (Å²) in [6, 6.07) is 9.07. The lowest BCUT2D eigenvalue weighted by atomic mass is 10.1. The molecule has 0 saturated carbocycles. The number of nitro groups is 1. The van der Waals surface area contributed by atoms with Gasteiger partial charge in [0.2, 0.25) is 0 Å². The first-order valence-corrected chi connectivity index (χ1v) is 6.97. The Morgan fingerprint density at radius 2 is 2.04 bits per heavy atom. The summed E-state index contributed by atoms with van der Waals surface area (Å²) in [7, 11) is 1.30. The maximum atomic E-state index is 11.6. The molecule has 0 heterocycles. The molecule has 2 aromatic carbocycles. The van der Waals surface area contributed by atoms with Gasteiger partial charge in [0.1, 0.15) is 0 Å². The van der Waals surface area contributed by atoms with Crippen molar-refractivity contribution in [1.29, 1.82) is 0 Å². The van der Waals surface area contributed by atoms with Crippen molar-refractivity contribution in [3.8, 4) is 0 Å². The number of hydrogen-bond donors (Lipinski definition) is 0. The maximum Gasteiger partial charge on any atom is 0.337 e. The highest BCUT2D eigenvalue weighted by atomic mass is 35.5. The Kier molecular flexibility index (Phi) is 5.08. The fourth-order valence-corrected chi connectivity index (χ4v) is 2.04. The number of carbonyl (C=O) groups is 1. The quantitative estimate of drug-likeness (QED) is 0.365. The van der Waals surface area contributed by atoms with Gasteiger partial charge in [0.05, 0.1) is 23.3 Å². The van der Waals surface area contributed by atoms with Crippen LogP contribution in [0, 0.1) is 17.0 Å². The van der Waals surface area contributed by atoms with E-state index >= 15 is 0 Å². The molecular weight excluding hydrogens is 320 g/mol. The number of nitro benzene ring substituents is 1. The fourth-order valence-electron chi connectivity index (χ4n) is 1.88. The van der Waals surface area contributed by atoms with Crippen LogP contribution in [0.1, 0.15) is 21.5 Å². The molecule has 2 aromatic rings. The zero-order valence-electron chi connectivity index (χ0n) is 12.4. The topological polar surface area (TPSA) is 81.8 Å². The second kappa shape index (κ2) is 7.02. The second-order valence-corrected chi connectivity index (χ2v) is 5.12. The van der Waals surface area contributed by atoms with E-state index in [0.29, 0.717) is 21.8 Å². The molecule has 0 amide bonds. The Labute approximate surface area is 137 Å². The fraction of sp³-hybridized carbons (Fsp3) is 0.125. The van der Waals surface area contributed by atoms with Crippen LogP contribution in [0.4, 0.5) is 11.4 Å². The van der Waals surface area contributed by atoms with E-state index in [4.69, 9.17) is 11.6 Å². The van der Waals surface area contributed by atoms with Crippen molar-refractivity contribution in [2.24, 2.45) is 4.99 Å². The van der Waals surface area contributed by atoms with Gasteiger partial charge in [-0.3, -0.25) is 15.1 Å². The summed E-state index contributed by atoms with van der Waals surface area (Å²) in [6.45, 7) is 1.84. The lowest BCUT2D eigenvalue weighted by Gasteiger charge is -2.04. The maximum absolute atomic E-state index is 11.6. The summed E-state index contributed by atoms with van der Waals surface area (Å²) < 4.78 is 4.67. The van der Waals surface area contributed by atoms with Gasteiger partial charge in [0, 0.05) is 28.9 Å². The molecule has 0 radical (unpaired) electrons. The average molecular weight is 333 g/mol. The van der Waals surface area contributed by atoms with Gasteiger partial charge in [-0.05, 0) is 30.7 Å². The smallest absolute Gasteiger partial charge is 0.337 e. The van der Waals surface area contributed by atoms with Gasteiger partial charge in [0.25, 0.3) is 5.69 Å². The number of aliphatic imine (C=N–C) groups is 1. The number of hydrogen-bond acceptors (Lipinski definition) is 5. The molecule has 0 aliphatic rings. The number of benzene rings is 2. The minimum atomic E-state index is -0.503. The number of aryl methyl sites for hydroxylation is 1. The molecule has 6 nitrogen and oxygen atoms in total. The second-order valence-electron chi connectivity index (χ2n) is 4.71. The van der Waals surface area contributed by atoms with Crippen LogP contribution in [0.5, 0.6) is 0 Å². The predicted molar refractivity (Wildman–Crippen MR) is 87.9 cm³/mol. The minimum Gasteiger partial charge on any atom is -0.465 e. The van der Waals surface area contributed by atoms with Crippen molar-refractivity contribution < 1.29 is 14.5 Å². The minimum absolute atomic E-state index is 0.0733. The number of rotatable bonds is 4. The summed E-state index contributed by atoms with van der Waals surface area (Å²) in [5, 5.41) is 11.2. The van der Waals surface area contributed by atoms with Crippen molar-refractivity contribution in [2.45, 2.75) is 6.92 Å². The van der Waals surface area contributed by atoms with Crippen LogP contribution < -0.4 is 0 Å². The Hall–Kier alpha value is -2.73. The van der Waals surface area contributed by atoms with E-state index in [1.807, 2.05) is 6.92 Å². The van der Waals surface area contributed by atoms with E-state index in [-0.39, 0.29) is 5.69 Å². The van der Waals surface area contributed by atoms with Gasteiger partial charge >= 0.3 is 5.97 Å². The van der Waals surface area contributed by atoms with Crippen LogP contribution >= 0.6 is 11.6 Å². The predicted octanol–water partition coefficient (Wildman–Crippen LogP) is 4.09. The van der Waals surface area contributed by atoms with Gasteiger partial charge in [0.15, 0.2) is 0 Å². The summed E-state index contributed by atoms with van der Waals surface area (Å²) >= 11 is 6.02. The van der Waals surface area contributed by atoms with Gasteiger partial charge < -0.3 is 4.74 Å². The Morgan fingerprint density at radius 3 is 2.70 bits per heavy atom. The Morgan fingerprint density at radius 1 is 1.30 bits per heavy atom. The van der Waals surface area contributed by atoms with Crippen LogP contribution in [-0.4, -0.2) is 24.2 Å². The molecule has 7 heteroatoms. The summed E-state index contributed by atoms with van der Waals surface area (Å²) in [5.74, 6) is -0.463. The summed E-state index contributed by atoms with van der Waals surface area (Å²) in [5.41, 5.74) is 2.11. The first kappa shape index (κ1) is 16.6. The van der Waals surface area contributed by atoms with E-state index in [1.54, 1.807) is 18.2 Å². The molecule has 0 aromatic heterocycles. The van der Waals surface area contributed by atoms with Gasteiger partial charge in [-0.1, -0.05) is 17.7 Å². The van der Waals surface area contributed by atoms with E-state index in [2.05, 4.69) is 9.73 Å². The van der Waals surface area contributed by atoms with Crippen molar-refractivity contribution in [3.63, 3.8) is 0 Å². The van der Waals surface area contributed by atoms with E-state index in [9.17, 15) is 14.9 Å². The molecule has 0 aliphatic heterocycles. The molecule has 0 spiro atoms. The number of non-ortho nitro benzene ring substituents is 1. The highest BCUT2D eigenvalue weighted by Gasteiger charge is 2.10. The number of nitrogens with zero attached hydrogens (tertiary/aromatic N) is 2. The zero-order chi connectivity index (χ0) is 17.0. The molecule has 2 rings (SSSR count).